The van der Waals surface area contributed by atoms with Crippen LogP contribution in [0.4, 0.5) is 10.9 Å². The molecule has 0 bridgehead atoms. The summed E-state index contributed by atoms with van der Waals surface area (Å²) in [6, 6.07) is 3.59. The van der Waals surface area contributed by atoms with E-state index in [1.165, 1.54) is 30.4 Å². The number of thiophene rings is 1. The summed E-state index contributed by atoms with van der Waals surface area (Å²) in [7, 11) is 0. The fourth-order valence-corrected chi connectivity index (χ4v) is 2.58. The Kier molecular flexibility index (Phi) is 7.27. The van der Waals surface area contributed by atoms with Crippen molar-refractivity contribution in [1.82, 2.24) is 10.7 Å². The van der Waals surface area contributed by atoms with Gasteiger partial charge in [0.25, 0.3) is 11.8 Å². The minimum Gasteiger partial charge on any atom is -0.401 e. The van der Waals surface area contributed by atoms with Crippen LogP contribution < -0.4 is 10.7 Å². The zero-order valence-electron chi connectivity index (χ0n) is 14.4. The smallest absolute Gasteiger partial charge is 0.401 e. The molecule has 13 nitrogen and oxygen atoms in total. The summed E-state index contributed by atoms with van der Waals surface area (Å²) in [5.41, 5.74) is 2.08. The summed E-state index contributed by atoms with van der Waals surface area (Å²) < 4.78 is 4.87. The Bertz CT molecular complexity index is 979. The Morgan fingerprint density at radius 1 is 1.24 bits per heavy atom. The van der Waals surface area contributed by atoms with Gasteiger partial charge in [-0.05, 0) is 24.3 Å². The molecule has 2 aromatic rings. The standard InChI is InChI=1S/C15H13N5O8S/c21-8-10(17-15(23)11-4-6-13(29-11)20(26)27)14(22)18-16-7-1-2-9-3-5-12(28-9)19(24)25/h1-7,10,21H,8H2,(H,17,23)(H,18,22)/b2-1+,16-7+/t10-/m0/s1. The van der Waals surface area contributed by atoms with Gasteiger partial charge < -0.3 is 14.8 Å². The minimum atomic E-state index is -1.34. The highest BCUT2D eigenvalue weighted by atomic mass is 32.1. The fourth-order valence-electron chi connectivity index (χ4n) is 1.86. The number of amides is 2. The van der Waals surface area contributed by atoms with E-state index in [0.29, 0.717) is 11.3 Å². The second kappa shape index (κ2) is 9.86. The van der Waals surface area contributed by atoms with Gasteiger partial charge in [-0.2, -0.15) is 5.10 Å². The number of hydrazone groups is 1. The highest BCUT2D eigenvalue weighted by molar-refractivity contribution is 7.17. The van der Waals surface area contributed by atoms with Crippen LogP contribution in [0.5, 0.6) is 0 Å². The third-order valence-electron chi connectivity index (χ3n) is 3.19. The molecular formula is C15H13N5O8S. The van der Waals surface area contributed by atoms with Gasteiger partial charge in [0, 0.05) is 12.3 Å². The first-order valence-electron chi connectivity index (χ1n) is 7.71. The number of hydrogen-bond donors (Lipinski definition) is 3. The van der Waals surface area contributed by atoms with E-state index in [4.69, 9.17) is 4.42 Å². The van der Waals surface area contributed by atoms with Crippen molar-refractivity contribution in [1.29, 1.82) is 0 Å². The normalized spacial score (nSPS) is 12.2. The molecule has 3 N–H and O–H groups in total. The third kappa shape index (κ3) is 6.05. The van der Waals surface area contributed by atoms with Crippen LogP contribution in [0.3, 0.4) is 0 Å². The topological polar surface area (TPSA) is 190 Å². The van der Waals surface area contributed by atoms with Gasteiger partial charge in [0.05, 0.1) is 22.5 Å². The van der Waals surface area contributed by atoms with Crippen LogP contribution in [0.15, 0.2) is 39.9 Å². The van der Waals surface area contributed by atoms with Crippen molar-refractivity contribution in [2.45, 2.75) is 6.04 Å². The zero-order chi connectivity index (χ0) is 21.4. The van der Waals surface area contributed by atoms with Crippen molar-refractivity contribution in [3.8, 4) is 0 Å². The molecule has 0 aromatic carbocycles. The van der Waals surface area contributed by atoms with Gasteiger partial charge in [-0.1, -0.05) is 11.3 Å². The van der Waals surface area contributed by atoms with Crippen molar-refractivity contribution in [2.24, 2.45) is 5.10 Å². The maximum absolute atomic E-state index is 12.0. The van der Waals surface area contributed by atoms with Crippen LogP contribution in [0, 0.1) is 20.2 Å². The summed E-state index contributed by atoms with van der Waals surface area (Å²) in [6.45, 7) is -0.730. The van der Waals surface area contributed by atoms with E-state index in [9.17, 15) is 34.9 Å². The number of aliphatic hydroxyl groups is 1. The van der Waals surface area contributed by atoms with Gasteiger partial charge in [0.1, 0.15) is 16.7 Å². The molecule has 0 spiro atoms. The van der Waals surface area contributed by atoms with Crippen molar-refractivity contribution in [3.05, 3.63) is 61.2 Å². The fraction of sp³-hybridized carbons (Fsp3) is 0.133. The summed E-state index contributed by atoms with van der Waals surface area (Å²) in [4.78, 5) is 43.7. The molecule has 14 heteroatoms. The maximum Gasteiger partial charge on any atom is 0.433 e. The minimum absolute atomic E-state index is 0.00178. The third-order valence-corrected chi connectivity index (χ3v) is 4.22. The molecule has 2 amide bonds. The molecule has 1 atom stereocenters. The quantitative estimate of drug-likeness (QED) is 0.303. The van der Waals surface area contributed by atoms with Crippen LogP contribution >= 0.6 is 11.3 Å². The Morgan fingerprint density at radius 3 is 2.59 bits per heavy atom. The molecule has 0 saturated heterocycles. The SMILES string of the molecule is O=C(N[C@@H](CO)C(=O)N/N=C/C=C/c1ccc([N+](=O)[O-])o1)c1ccc([N+](=O)[O-])s1. The highest BCUT2D eigenvalue weighted by Gasteiger charge is 2.22. The van der Waals surface area contributed by atoms with Gasteiger partial charge in [0.15, 0.2) is 0 Å². The number of rotatable bonds is 9. The average Bonchev–Trinajstić information content (AvgIpc) is 3.35. The van der Waals surface area contributed by atoms with E-state index < -0.39 is 40.2 Å². The first kappa shape index (κ1) is 21.4. The molecular weight excluding hydrogens is 410 g/mol. The first-order valence-corrected chi connectivity index (χ1v) is 8.53. The Morgan fingerprint density at radius 2 is 2.00 bits per heavy atom. The predicted molar refractivity (Wildman–Crippen MR) is 100 cm³/mol. The Balaban J connectivity index is 1.87. The summed E-state index contributed by atoms with van der Waals surface area (Å²) >= 11 is 0.625. The van der Waals surface area contributed by atoms with Crippen molar-refractivity contribution >= 4 is 46.3 Å². The number of nitrogens with zero attached hydrogens (tertiary/aromatic N) is 3. The van der Waals surface area contributed by atoms with Crippen LogP contribution in [0.25, 0.3) is 6.08 Å². The lowest BCUT2D eigenvalue weighted by molar-refractivity contribution is -0.402. The lowest BCUT2D eigenvalue weighted by Gasteiger charge is -2.13. The number of allylic oxidation sites excluding steroid dienone is 1. The van der Waals surface area contributed by atoms with Crippen LogP contribution in [0.2, 0.25) is 0 Å². The summed E-state index contributed by atoms with van der Waals surface area (Å²) in [5, 5.41) is 36.0. The first-order chi connectivity index (χ1) is 13.8. The van der Waals surface area contributed by atoms with Crippen molar-refractivity contribution in [3.63, 3.8) is 0 Å². The molecule has 2 heterocycles. The highest BCUT2D eigenvalue weighted by Crippen LogP contribution is 2.23. The molecule has 29 heavy (non-hydrogen) atoms. The average molecular weight is 423 g/mol. The van der Waals surface area contributed by atoms with E-state index in [1.54, 1.807) is 0 Å². The molecule has 2 rings (SSSR count). The molecule has 0 saturated carbocycles. The van der Waals surface area contributed by atoms with E-state index in [-0.39, 0.29) is 15.6 Å². The Hall–Kier alpha value is -3.91. The predicted octanol–water partition coefficient (Wildman–Crippen LogP) is 1.06. The number of carbonyl (C=O) groups excluding carboxylic acids is 2. The van der Waals surface area contributed by atoms with Gasteiger partial charge in [-0.25, -0.2) is 5.43 Å². The molecule has 0 unspecified atom stereocenters. The van der Waals surface area contributed by atoms with Gasteiger partial charge in [0.2, 0.25) is 0 Å². The molecule has 0 aliphatic carbocycles. The number of nitro groups is 2. The van der Waals surface area contributed by atoms with E-state index >= 15 is 0 Å². The number of furan rings is 1. The molecule has 0 aliphatic rings. The van der Waals surface area contributed by atoms with Crippen LogP contribution in [-0.2, 0) is 4.79 Å². The zero-order valence-corrected chi connectivity index (χ0v) is 15.2. The Labute approximate surface area is 165 Å². The molecule has 2 aromatic heterocycles. The second-order valence-electron chi connectivity index (χ2n) is 5.15. The number of hydrogen-bond acceptors (Lipinski definition) is 10. The monoisotopic (exact) mass is 423 g/mol. The van der Waals surface area contributed by atoms with E-state index in [1.807, 2.05) is 0 Å². The number of aliphatic hydroxyl groups excluding tert-OH is 1. The van der Waals surface area contributed by atoms with Crippen LogP contribution in [0.1, 0.15) is 15.4 Å². The summed E-state index contributed by atoms with van der Waals surface area (Å²) in [6.07, 6.45) is 3.84. The molecule has 0 aliphatic heterocycles. The van der Waals surface area contributed by atoms with Crippen LogP contribution in [-0.4, -0.2) is 45.6 Å². The molecule has 152 valence electrons. The van der Waals surface area contributed by atoms with E-state index in [0.717, 1.165) is 12.3 Å². The lowest BCUT2D eigenvalue weighted by atomic mass is 10.3. The summed E-state index contributed by atoms with van der Waals surface area (Å²) in [5.74, 6) is -1.82. The van der Waals surface area contributed by atoms with Gasteiger partial charge >= 0.3 is 10.9 Å². The van der Waals surface area contributed by atoms with Crippen molar-refractivity contribution < 1.29 is 29.0 Å². The van der Waals surface area contributed by atoms with E-state index in [2.05, 4.69) is 15.8 Å². The second-order valence-corrected chi connectivity index (χ2v) is 6.21. The molecule has 0 fully saturated rings. The van der Waals surface area contributed by atoms with Gasteiger partial charge in [-0.15, -0.1) is 0 Å². The maximum atomic E-state index is 12.0. The largest absolute Gasteiger partial charge is 0.433 e. The lowest BCUT2D eigenvalue weighted by Crippen LogP contribution is -2.47. The van der Waals surface area contributed by atoms with Gasteiger partial charge in [-0.3, -0.25) is 29.8 Å². The van der Waals surface area contributed by atoms with Crippen molar-refractivity contribution in [2.75, 3.05) is 6.61 Å². The number of carbonyl (C=O) groups is 2. The number of nitrogens with one attached hydrogen (secondary N) is 2. The molecule has 0 radical (unpaired) electrons.